The van der Waals surface area contributed by atoms with Crippen molar-refractivity contribution in [3.8, 4) is 0 Å². The molecular formula is C10H17N3. The Morgan fingerprint density at radius 3 is 2.54 bits per heavy atom. The van der Waals surface area contributed by atoms with E-state index in [1.54, 1.807) is 0 Å². The summed E-state index contributed by atoms with van der Waals surface area (Å²) in [6, 6.07) is 0. The van der Waals surface area contributed by atoms with E-state index in [4.69, 9.17) is 5.73 Å². The number of nitrogens with two attached hydrogens (primary N) is 1. The van der Waals surface area contributed by atoms with E-state index in [1.807, 2.05) is 6.08 Å². The van der Waals surface area contributed by atoms with E-state index in [1.165, 1.54) is 5.70 Å². The highest BCUT2D eigenvalue weighted by molar-refractivity contribution is 5.21. The van der Waals surface area contributed by atoms with Gasteiger partial charge >= 0.3 is 0 Å². The summed E-state index contributed by atoms with van der Waals surface area (Å²) < 4.78 is 0. The molecule has 0 unspecified atom stereocenters. The Hall–Kier alpha value is -0.960. The molecule has 3 N–H and O–H groups in total. The van der Waals surface area contributed by atoms with Crippen molar-refractivity contribution in [1.82, 2.24) is 10.2 Å². The van der Waals surface area contributed by atoms with Crippen LogP contribution in [0.3, 0.4) is 0 Å². The Morgan fingerprint density at radius 1 is 1.15 bits per heavy atom. The molecule has 72 valence electrons. The number of nitrogens with zero attached hydrogens (tertiary/aromatic N) is 1. The van der Waals surface area contributed by atoms with Crippen LogP contribution in [0, 0.1) is 0 Å². The molecular weight excluding hydrogens is 162 g/mol. The number of allylic oxidation sites excluding steroid dienone is 4. The summed E-state index contributed by atoms with van der Waals surface area (Å²) in [6.45, 7) is 4.49. The molecule has 0 aromatic heterocycles. The number of rotatable bonds is 1. The molecule has 0 aromatic rings. The predicted molar refractivity (Wildman–Crippen MR) is 54.0 cm³/mol. The zero-order valence-corrected chi connectivity index (χ0v) is 7.92. The van der Waals surface area contributed by atoms with Crippen LogP contribution in [0.1, 0.15) is 12.8 Å². The molecule has 3 nitrogen and oxygen atoms in total. The minimum atomic E-state index is 1.01. The van der Waals surface area contributed by atoms with Crippen LogP contribution in [0.25, 0.3) is 0 Å². The molecule has 1 fully saturated rings. The van der Waals surface area contributed by atoms with Crippen LogP contribution in [-0.4, -0.2) is 31.1 Å². The van der Waals surface area contributed by atoms with Crippen LogP contribution in [0.15, 0.2) is 23.5 Å². The summed E-state index contributed by atoms with van der Waals surface area (Å²) in [4.78, 5) is 2.46. The molecule has 2 rings (SSSR count). The van der Waals surface area contributed by atoms with Gasteiger partial charge in [-0.25, -0.2) is 0 Å². The molecule has 0 radical (unpaired) electrons. The number of hydrogen-bond acceptors (Lipinski definition) is 3. The van der Waals surface area contributed by atoms with Crippen molar-refractivity contribution in [2.45, 2.75) is 12.8 Å². The van der Waals surface area contributed by atoms with Crippen LogP contribution >= 0.6 is 0 Å². The first-order chi connectivity index (χ1) is 6.36. The first kappa shape index (κ1) is 8.63. The molecule has 1 saturated heterocycles. The third-order valence-corrected chi connectivity index (χ3v) is 2.68. The average Bonchev–Trinajstić information content (AvgIpc) is 2.20. The lowest BCUT2D eigenvalue weighted by Crippen LogP contribution is -2.43. The average molecular weight is 179 g/mol. The van der Waals surface area contributed by atoms with Gasteiger partial charge in [-0.05, 0) is 25.0 Å². The summed E-state index contributed by atoms with van der Waals surface area (Å²) in [6.07, 6.45) is 6.35. The highest BCUT2D eigenvalue weighted by Crippen LogP contribution is 2.18. The van der Waals surface area contributed by atoms with Crippen LogP contribution in [-0.2, 0) is 0 Å². The topological polar surface area (TPSA) is 41.3 Å². The highest BCUT2D eigenvalue weighted by atomic mass is 15.2. The fraction of sp³-hybridized carbons (Fsp3) is 0.600. The molecule has 2 aliphatic rings. The largest absolute Gasteiger partial charge is 0.402 e. The summed E-state index contributed by atoms with van der Waals surface area (Å²) in [5.74, 6) is 0. The fourth-order valence-electron chi connectivity index (χ4n) is 1.86. The van der Waals surface area contributed by atoms with Crippen molar-refractivity contribution in [3.63, 3.8) is 0 Å². The van der Waals surface area contributed by atoms with Crippen molar-refractivity contribution >= 4 is 0 Å². The second kappa shape index (κ2) is 3.83. The first-order valence-electron chi connectivity index (χ1n) is 4.97. The van der Waals surface area contributed by atoms with Gasteiger partial charge in [0.1, 0.15) is 0 Å². The highest BCUT2D eigenvalue weighted by Gasteiger charge is 2.14. The van der Waals surface area contributed by atoms with Gasteiger partial charge in [0.25, 0.3) is 0 Å². The van der Waals surface area contributed by atoms with E-state index in [0.29, 0.717) is 0 Å². The molecule has 1 aliphatic carbocycles. The number of piperazine rings is 1. The Balaban J connectivity index is 1.99. The monoisotopic (exact) mass is 179 g/mol. The second-order valence-electron chi connectivity index (χ2n) is 3.64. The van der Waals surface area contributed by atoms with Gasteiger partial charge in [0.2, 0.25) is 0 Å². The third kappa shape index (κ3) is 2.04. The summed E-state index contributed by atoms with van der Waals surface area (Å²) in [7, 11) is 0. The van der Waals surface area contributed by atoms with Crippen LogP contribution in [0.5, 0.6) is 0 Å². The maximum Gasteiger partial charge on any atom is 0.0300 e. The van der Waals surface area contributed by atoms with Crippen LogP contribution in [0.2, 0.25) is 0 Å². The van der Waals surface area contributed by atoms with Crippen molar-refractivity contribution < 1.29 is 0 Å². The maximum absolute atomic E-state index is 5.71. The van der Waals surface area contributed by atoms with Gasteiger partial charge < -0.3 is 16.0 Å². The van der Waals surface area contributed by atoms with E-state index in [9.17, 15) is 0 Å². The standard InChI is InChI=1S/C10H17N3/c11-9-1-3-10(4-2-9)13-7-5-12-6-8-13/h1,3,12H,2,4-8,11H2. The summed E-state index contributed by atoms with van der Waals surface area (Å²) in [5.41, 5.74) is 8.18. The summed E-state index contributed by atoms with van der Waals surface area (Å²) >= 11 is 0. The fourth-order valence-corrected chi connectivity index (χ4v) is 1.86. The minimum absolute atomic E-state index is 1.01. The van der Waals surface area contributed by atoms with Gasteiger partial charge in [-0.3, -0.25) is 0 Å². The Morgan fingerprint density at radius 2 is 1.92 bits per heavy atom. The smallest absolute Gasteiger partial charge is 0.0300 e. The first-order valence-corrected chi connectivity index (χ1v) is 4.97. The van der Waals surface area contributed by atoms with E-state index >= 15 is 0 Å². The van der Waals surface area contributed by atoms with Crippen LogP contribution in [0.4, 0.5) is 0 Å². The molecule has 0 spiro atoms. The molecule has 13 heavy (non-hydrogen) atoms. The molecule has 1 aliphatic heterocycles. The summed E-state index contributed by atoms with van der Waals surface area (Å²) in [5, 5.41) is 3.35. The molecule has 0 aromatic carbocycles. The van der Waals surface area contributed by atoms with Crippen molar-refractivity contribution in [2.24, 2.45) is 5.73 Å². The van der Waals surface area contributed by atoms with Gasteiger partial charge in [0.15, 0.2) is 0 Å². The van der Waals surface area contributed by atoms with Crippen molar-refractivity contribution in [2.75, 3.05) is 26.2 Å². The molecule has 0 bridgehead atoms. The van der Waals surface area contributed by atoms with Gasteiger partial charge in [0.05, 0.1) is 0 Å². The van der Waals surface area contributed by atoms with Crippen LogP contribution < -0.4 is 11.1 Å². The lowest BCUT2D eigenvalue weighted by atomic mass is 10.1. The van der Waals surface area contributed by atoms with E-state index in [2.05, 4.69) is 16.3 Å². The van der Waals surface area contributed by atoms with E-state index in [0.717, 1.165) is 44.7 Å². The van der Waals surface area contributed by atoms with E-state index < -0.39 is 0 Å². The molecule has 3 heteroatoms. The zero-order valence-electron chi connectivity index (χ0n) is 7.92. The second-order valence-corrected chi connectivity index (χ2v) is 3.64. The lowest BCUT2D eigenvalue weighted by molar-refractivity contribution is 0.289. The van der Waals surface area contributed by atoms with Gasteiger partial charge in [-0.1, -0.05) is 0 Å². The molecule has 0 saturated carbocycles. The molecule has 0 amide bonds. The van der Waals surface area contributed by atoms with Crippen molar-refractivity contribution in [1.29, 1.82) is 0 Å². The van der Waals surface area contributed by atoms with Crippen molar-refractivity contribution in [3.05, 3.63) is 23.5 Å². The Labute approximate surface area is 79.3 Å². The van der Waals surface area contributed by atoms with E-state index in [-0.39, 0.29) is 0 Å². The Bertz CT molecular complexity index is 237. The molecule has 0 atom stereocenters. The Kier molecular flexibility index (Phi) is 2.54. The SMILES string of the molecule is NC1=CC=C(N2CCNCC2)CC1. The maximum atomic E-state index is 5.71. The molecule has 1 heterocycles. The third-order valence-electron chi connectivity index (χ3n) is 2.68. The number of hydrogen-bond donors (Lipinski definition) is 2. The lowest BCUT2D eigenvalue weighted by Gasteiger charge is -2.32. The zero-order chi connectivity index (χ0) is 9.10. The van der Waals surface area contributed by atoms with Gasteiger partial charge in [-0.2, -0.15) is 0 Å². The quantitative estimate of drug-likeness (QED) is 0.612. The predicted octanol–water partition coefficient (Wildman–Crippen LogP) is 0.412. The van der Waals surface area contributed by atoms with Gasteiger partial charge in [0, 0.05) is 37.6 Å². The number of nitrogens with one attached hydrogen (secondary N) is 1. The normalized spacial score (nSPS) is 23.8. The minimum Gasteiger partial charge on any atom is -0.402 e. The van der Waals surface area contributed by atoms with Gasteiger partial charge in [-0.15, -0.1) is 0 Å².